The topological polar surface area (TPSA) is 76.7 Å². The number of ether oxygens (including phenoxy) is 1. The number of carboxylic acids is 1. The van der Waals surface area contributed by atoms with E-state index in [2.05, 4.69) is 13.8 Å². The first-order valence-corrected chi connectivity index (χ1v) is 9.45. The highest BCUT2D eigenvalue weighted by Crippen LogP contribution is 2.46. The van der Waals surface area contributed by atoms with Gasteiger partial charge in [0.1, 0.15) is 17.1 Å². The number of rotatable bonds is 6. The molecule has 1 N–H and O–H groups in total. The molecule has 0 aliphatic heterocycles. The lowest BCUT2D eigenvalue weighted by atomic mass is 9.72. The normalized spacial score (nSPS) is 14.6. The standard InChI is InChI=1S/C23H22O5/c1-23(2)17-13-14(27-12-6-5-9-19(24)25)10-11-15(17)21(26)20-16-7-3-4-8-18(16)28-22(20)23/h3-4,7-8,10-11,13H,5-6,9,12H2,1-2H3,(H,24,25). The summed E-state index contributed by atoms with van der Waals surface area (Å²) in [5.74, 6) is 0.539. The van der Waals surface area contributed by atoms with Crippen molar-refractivity contribution in [2.24, 2.45) is 0 Å². The minimum Gasteiger partial charge on any atom is -0.494 e. The van der Waals surface area contributed by atoms with Crippen molar-refractivity contribution >= 4 is 22.7 Å². The first kappa shape index (κ1) is 18.3. The Bertz CT molecular complexity index is 1070. The summed E-state index contributed by atoms with van der Waals surface area (Å²) in [6.45, 7) is 4.54. The van der Waals surface area contributed by atoms with Gasteiger partial charge in [0.2, 0.25) is 0 Å². The Kier molecular flexibility index (Phi) is 4.46. The zero-order valence-corrected chi connectivity index (χ0v) is 16.0. The molecule has 3 aromatic rings. The molecule has 5 heteroatoms. The molecular formula is C23H22O5. The Balaban J connectivity index is 1.64. The smallest absolute Gasteiger partial charge is 0.303 e. The zero-order valence-electron chi connectivity index (χ0n) is 16.0. The first-order valence-electron chi connectivity index (χ1n) is 9.45. The molecule has 0 unspecified atom stereocenters. The average molecular weight is 378 g/mol. The maximum Gasteiger partial charge on any atom is 0.303 e. The van der Waals surface area contributed by atoms with Crippen LogP contribution in [0.25, 0.3) is 11.0 Å². The van der Waals surface area contributed by atoms with E-state index in [0.717, 1.165) is 16.5 Å². The van der Waals surface area contributed by atoms with Gasteiger partial charge in [0, 0.05) is 22.8 Å². The van der Waals surface area contributed by atoms with Gasteiger partial charge in [-0.25, -0.2) is 0 Å². The van der Waals surface area contributed by atoms with Crippen LogP contribution in [0.1, 0.15) is 60.4 Å². The lowest BCUT2D eigenvalue weighted by molar-refractivity contribution is -0.137. The maximum atomic E-state index is 13.2. The van der Waals surface area contributed by atoms with E-state index >= 15 is 0 Å². The third-order valence-electron chi connectivity index (χ3n) is 5.35. The second-order valence-electron chi connectivity index (χ2n) is 7.66. The summed E-state index contributed by atoms with van der Waals surface area (Å²) in [6, 6.07) is 13.1. The van der Waals surface area contributed by atoms with Crippen molar-refractivity contribution in [3.63, 3.8) is 0 Å². The van der Waals surface area contributed by atoms with E-state index in [4.69, 9.17) is 14.3 Å². The molecule has 5 nitrogen and oxygen atoms in total. The number of benzene rings is 2. The maximum absolute atomic E-state index is 13.2. The number of para-hydroxylation sites is 1. The van der Waals surface area contributed by atoms with Crippen molar-refractivity contribution in [2.45, 2.75) is 38.5 Å². The molecule has 0 saturated carbocycles. The largest absolute Gasteiger partial charge is 0.494 e. The fraction of sp³-hybridized carbons (Fsp3) is 0.304. The summed E-state index contributed by atoms with van der Waals surface area (Å²) in [5.41, 5.74) is 2.45. The highest BCUT2D eigenvalue weighted by Gasteiger charge is 2.41. The summed E-state index contributed by atoms with van der Waals surface area (Å²) in [5, 5.41) is 9.54. The highest BCUT2D eigenvalue weighted by molar-refractivity contribution is 6.19. The second-order valence-corrected chi connectivity index (χ2v) is 7.66. The number of ketones is 1. The van der Waals surface area contributed by atoms with Crippen LogP contribution < -0.4 is 4.74 Å². The van der Waals surface area contributed by atoms with Crippen molar-refractivity contribution in [2.75, 3.05) is 6.61 Å². The minimum absolute atomic E-state index is 0.0257. The van der Waals surface area contributed by atoms with Gasteiger partial charge in [-0.3, -0.25) is 9.59 Å². The Morgan fingerprint density at radius 3 is 2.71 bits per heavy atom. The predicted molar refractivity (Wildman–Crippen MR) is 105 cm³/mol. The quantitative estimate of drug-likeness (QED) is 0.615. The van der Waals surface area contributed by atoms with Crippen LogP contribution in [-0.2, 0) is 10.2 Å². The van der Waals surface area contributed by atoms with Gasteiger partial charge in [-0.2, -0.15) is 0 Å². The number of furan rings is 1. The van der Waals surface area contributed by atoms with Crippen molar-refractivity contribution in [3.05, 3.63) is 64.9 Å². The van der Waals surface area contributed by atoms with E-state index < -0.39 is 11.4 Å². The molecule has 28 heavy (non-hydrogen) atoms. The molecule has 0 fully saturated rings. The molecule has 0 atom stereocenters. The third-order valence-corrected chi connectivity index (χ3v) is 5.35. The van der Waals surface area contributed by atoms with Crippen LogP contribution in [0.15, 0.2) is 46.9 Å². The molecule has 1 heterocycles. The summed E-state index contributed by atoms with van der Waals surface area (Å²) >= 11 is 0. The van der Waals surface area contributed by atoms with Crippen LogP contribution in [0.4, 0.5) is 0 Å². The van der Waals surface area contributed by atoms with Crippen LogP contribution >= 0.6 is 0 Å². The molecule has 1 aliphatic carbocycles. The van der Waals surface area contributed by atoms with E-state index in [1.807, 2.05) is 36.4 Å². The monoisotopic (exact) mass is 378 g/mol. The van der Waals surface area contributed by atoms with Crippen molar-refractivity contribution in [3.8, 4) is 5.75 Å². The number of carbonyl (C=O) groups is 2. The van der Waals surface area contributed by atoms with Crippen LogP contribution in [0.3, 0.4) is 0 Å². The Morgan fingerprint density at radius 2 is 1.93 bits per heavy atom. The molecule has 1 aromatic heterocycles. The van der Waals surface area contributed by atoms with Crippen LogP contribution in [0, 0.1) is 0 Å². The molecule has 2 aromatic carbocycles. The molecule has 0 radical (unpaired) electrons. The van der Waals surface area contributed by atoms with E-state index in [9.17, 15) is 9.59 Å². The van der Waals surface area contributed by atoms with Gasteiger partial charge >= 0.3 is 5.97 Å². The van der Waals surface area contributed by atoms with Crippen molar-refractivity contribution in [1.29, 1.82) is 0 Å². The SMILES string of the molecule is CC1(C)c2cc(OCCCCC(=O)O)ccc2C(=O)c2c1oc1ccccc21. The number of carboxylic acid groups (broad SMARTS) is 1. The molecule has 0 saturated heterocycles. The Morgan fingerprint density at radius 1 is 1.14 bits per heavy atom. The number of hydrogen-bond acceptors (Lipinski definition) is 4. The third kappa shape index (κ3) is 2.97. The fourth-order valence-electron chi connectivity index (χ4n) is 3.86. The van der Waals surface area contributed by atoms with Gasteiger partial charge in [-0.1, -0.05) is 18.2 Å². The molecule has 4 rings (SSSR count). The zero-order chi connectivity index (χ0) is 19.9. The predicted octanol–water partition coefficient (Wildman–Crippen LogP) is 4.94. The Labute approximate surface area is 162 Å². The fourth-order valence-corrected chi connectivity index (χ4v) is 3.86. The van der Waals surface area contributed by atoms with Crippen LogP contribution in [0.5, 0.6) is 5.75 Å². The minimum atomic E-state index is -0.796. The molecule has 0 spiro atoms. The number of carbonyl (C=O) groups excluding carboxylic acids is 1. The van der Waals surface area contributed by atoms with E-state index in [1.165, 1.54) is 0 Å². The summed E-state index contributed by atoms with van der Waals surface area (Å²) in [4.78, 5) is 23.8. The molecular weight excluding hydrogens is 356 g/mol. The van der Waals surface area contributed by atoms with Crippen LogP contribution in [0.2, 0.25) is 0 Å². The van der Waals surface area contributed by atoms with Gasteiger partial charge in [-0.05, 0) is 56.5 Å². The van der Waals surface area contributed by atoms with Gasteiger partial charge in [-0.15, -0.1) is 0 Å². The average Bonchev–Trinajstić information content (AvgIpc) is 3.07. The lowest BCUT2D eigenvalue weighted by Crippen LogP contribution is -2.29. The second kappa shape index (κ2) is 6.82. The number of fused-ring (bicyclic) bond motifs is 4. The molecule has 0 bridgehead atoms. The van der Waals surface area contributed by atoms with E-state index in [1.54, 1.807) is 6.07 Å². The molecule has 0 amide bonds. The summed E-state index contributed by atoms with van der Waals surface area (Å²) in [7, 11) is 0. The number of hydrogen-bond donors (Lipinski definition) is 1. The Hall–Kier alpha value is -3.08. The van der Waals surface area contributed by atoms with E-state index in [-0.39, 0.29) is 12.2 Å². The number of unbranched alkanes of at least 4 members (excludes halogenated alkanes) is 1. The highest BCUT2D eigenvalue weighted by atomic mass is 16.5. The van der Waals surface area contributed by atoms with Crippen molar-refractivity contribution in [1.82, 2.24) is 0 Å². The molecule has 1 aliphatic rings. The van der Waals surface area contributed by atoms with Gasteiger partial charge in [0.15, 0.2) is 5.78 Å². The summed E-state index contributed by atoms with van der Waals surface area (Å²) < 4.78 is 11.9. The van der Waals surface area contributed by atoms with Gasteiger partial charge in [0.25, 0.3) is 0 Å². The number of aliphatic carboxylic acids is 1. The molecule has 144 valence electrons. The first-order chi connectivity index (χ1) is 13.4. The van der Waals surface area contributed by atoms with Gasteiger partial charge < -0.3 is 14.3 Å². The van der Waals surface area contributed by atoms with Crippen LogP contribution in [-0.4, -0.2) is 23.5 Å². The summed E-state index contributed by atoms with van der Waals surface area (Å²) in [6.07, 6.45) is 1.38. The van der Waals surface area contributed by atoms with Gasteiger partial charge in [0.05, 0.1) is 12.2 Å². The van der Waals surface area contributed by atoms with Crippen molar-refractivity contribution < 1.29 is 23.8 Å². The lowest BCUT2D eigenvalue weighted by Gasteiger charge is -2.30. The van der Waals surface area contributed by atoms with E-state index in [0.29, 0.717) is 42.1 Å².